The van der Waals surface area contributed by atoms with E-state index in [1.54, 1.807) is 0 Å². The van der Waals surface area contributed by atoms with Crippen LogP contribution < -0.4 is 10.1 Å². The zero-order valence-corrected chi connectivity index (χ0v) is 12.6. The van der Waals surface area contributed by atoms with Crippen LogP contribution >= 0.6 is 0 Å². The highest BCUT2D eigenvalue weighted by atomic mass is 16.5. The van der Waals surface area contributed by atoms with Crippen LogP contribution in [-0.2, 0) is 0 Å². The highest BCUT2D eigenvalue weighted by molar-refractivity contribution is 5.33. The van der Waals surface area contributed by atoms with Crippen molar-refractivity contribution in [3.8, 4) is 5.75 Å². The molecule has 0 aromatic heterocycles. The van der Waals surface area contributed by atoms with Crippen molar-refractivity contribution in [1.29, 1.82) is 0 Å². The van der Waals surface area contributed by atoms with E-state index < -0.39 is 0 Å². The Morgan fingerprint density at radius 2 is 1.56 bits per heavy atom. The smallest absolute Gasteiger partial charge is 0.120 e. The molecule has 0 bridgehead atoms. The molecule has 0 fully saturated rings. The van der Waals surface area contributed by atoms with Crippen LogP contribution in [0.2, 0.25) is 0 Å². The predicted octanol–water partition coefficient (Wildman–Crippen LogP) is 3.70. The summed E-state index contributed by atoms with van der Waals surface area (Å²) in [6.07, 6.45) is 0.216. The molecule has 0 aliphatic heterocycles. The number of nitrogens with one attached hydrogen (secondary N) is 1. The fourth-order valence-electron chi connectivity index (χ4n) is 1.94. The molecule has 1 aromatic rings. The fourth-order valence-corrected chi connectivity index (χ4v) is 1.94. The van der Waals surface area contributed by atoms with Crippen molar-refractivity contribution in [3.63, 3.8) is 0 Å². The molecule has 0 spiro atoms. The molecule has 0 amide bonds. The number of ether oxygens (including phenoxy) is 1. The second-order valence-electron chi connectivity index (χ2n) is 5.79. The van der Waals surface area contributed by atoms with Gasteiger partial charge in [0.1, 0.15) is 11.9 Å². The van der Waals surface area contributed by atoms with Crippen molar-refractivity contribution in [2.24, 2.45) is 5.92 Å². The molecule has 0 saturated heterocycles. The monoisotopic (exact) mass is 249 g/mol. The van der Waals surface area contributed by atoms with E-state index in [2.05, 4.69) is 65.1 Å². The van der Waals surface area contributed by atoms with E-state index in [1.165, 1.54) is 11.1 Å². The van der Waals surface area contributed by atoms with Crippen LogP contribution in [0.25, 0.3) is 0 Å². The average Bonchev–Trinajstić information content (AvgIpc) is 2.22. The lowest BCUT2D eigenvalue weighted by molar-refractivity contribution is 0.146. The van der Waals surface area contributed by atoms with Gasteiger partial charge in [-0.15, -0.1) is 0 Å². The summed E-state index contributed by atoms with van der Waals surface area (Å²) in [4.78, 5) is 0. The predicted molar refractivity (Wildman–Crippen MR) is 78.3 cm³/mol. The van der Waals surface area contributed by atoms with Gasteiger partial charge >= 0.3 is 0 Å². The van der Waals surface area contributed by atoms with Gasteiger partial charge in [0.25, 0.3) is 0 Å². The van der Waals surface area contributed by atoms with Crippen LogP contribution in [0, 0.1) is 19.8 Å². The molecule has 102 valence electrons. The summed E-state index contributed by atoms with van der Waals surface area (Å²) in [6.45, 7) is 13.8. The van der Waals surface area contributed by atoms with E-state index in [1.807, 2.05) is 0 Å². The lowest BCUT2D eigenvalue weighted by atomic mass is 10.1. The molecule has 18 heavy (non-hydrogen) atoms. The SMILES string of the molecule is Cc1cc(C)cc(OC(CNC(C)C)C(C)C)c1. The Kier molecular flexibility index (Phi) is 5.67. The molecule has 0 radical (unpaired) electrons. The van der Waals surface area contributed by atoms with Crippen molar-refractivity contribution < 1.29 is 4.74 Å². The summed E-state index contributed by atoms with van der Waals surface area (Å²) in [7, 11) is 0. The number of rotatable bonds is 6. The average molecular weight is 249 g/mol. The van der Waals surface area contributed by atoms with Gasteiger partial charge in [-0.3, -0.25) is 0 Å². The van der Waals surface area contributed by atoms with Crippen LogP contribution in [-0.4, -0.2) is 18.7 Å². The zero-order chi connectivity index (χ0) is 13.7. The molecule has 0 aliphatic carbocycles. The maximum absolute atomic E-state index is 6.13. The molecule has 1 N–H and O–H groups in total. The van der Waals surface area contributed by atoms with Crippen molar-refractivity contribution >= 4 is 0 Å². The van der Waals surface area contributed by atoms with Gasteiger partial charge < -0.3 is 10.1 Å². The first-order valence-electron chi connectivity index (χ1n) is 6.87. The molecular formula is C16H27NO. The van der Waals surface area contributed by atoms with Crippen molar-refractivity contribution in [2.45, 2.75) is 53.7 Å². The van der Waals surface area contributed by atoms with Crippen LogP contribution in [0.3, 0.4) is 0 Å². The van der Waals surface area contributed by atoms with Gasteiger partial charge in [0, 0.05) is 12.6 Å². The zero-order valence-electron chi connectivity index (χ0n) is 12.6. The van der Waals surface area contributed by atoms with Gasteiger partial charge in [0.2, 0.25) is 0 Å². The molecule has 1 rings (SSSR count). The Hall–Kier alpha value is -1.02. The van der Waals surface area contributed by atoms with Crippen LogP contribution in [0.15, 0.2) is 18.2 Å². The number of hydrogen-bond donors (Lipinski definition) is 1. The lowest BCUT2D eigenvalue weighted by Gasteiger charge is -2.24. The summed E-state index contributed by atoms with van der Waals surface area (Å²) in [6, 6.07) is 6.88. The van der Waals surface area contributed by atoms with E-state index in [0.29, 0.717) is 12.0 Å². The van der Waals surface area contributed by atoms with Gasteiger partial charge in [-0.2, -0.15) is 0 Å². The van der Waals surface area contributed by atoms with Crippen LogP contribution in [0.1, 0.15) is 38.8 Å². The molecule has 1 aromatic carbocycles. The minimum absolute atomic E-state index is 0.216. The maximum atomic E-state index is 6.13. The van der Waals surface area contributed by atoms with Crippen molar-refractivity contribution in [1.82, 2.24) is 5.32 Å². The fraction of sp³-hybridized carbons (Fsp3) is 0.625. The first-order chi connectivity index (χ1) is 8.38. The second-order valence-corrected chi connectivity index (χ2v) is 5.79. The number of hydrogen-bond acceptors (Lipinski definition) is 2. The Bertz CT molecular complexity index is 351. The van der Waals surface area contributed by atoms with Crippen LogP contribution in [0.4, 0.5) is 0 Å². The Labute approximate surface area is 112 Å². The lowest BCUT2D eigenvalue weighted by Crippen LogP contribution is -2.38. The largest absolute Gasteiger partial charge is 0.489 e. The van der Waals surface area contributed by atoms with Crippen molar-refractivity contribution in [2.75, 3.05) is 6.54 Å². The second kappa shape index (κ2) is 6.79. The highest BCUT2D eigenvalue weighted by Crippen LogP contribution is 2.19. The third kappa shape index (κ3) is 5.09. The molecular weight excluding hydrogens is 222 g/mol. The summed E-state index contributed by atoms with van der Waals surface area (Å²) >= 11 is 0. The third-order valence-corrected chi connectivity index (χ3v) is 2.95. The normalized spacial score (nSPS) is 13.1. The quantitative estimate of drug-likeness (QED) is 0.830. The molecule has 2 nitrogen and oxygen atoms in total. The minimum atomic E-state index is 0.216. The van der Waals surface area contributed by atoms with E-state index in [4.69, 9.17) is 4.74 Å². The van der Waals surface area contributed by atoms with Crippen LogP contribution in [0.5, 0.6) is 5.75 Å². The summed E-state index contributed by atoms with van der Waals surface area (Å²) in [5.74, 6) is 1.48. The van der Waals surface area contributed by atoms with E-state index in [0.717, 1.165) is 12.3 Å². The first-order valence-corrected chi connectivity index (χ1v) is 6.87. The molecule has 0 saturated carbocycles. The molecule has 1 unspecified atom stereocenters. The van der Waals surface area contributed by atoms with E-state index >= 15 is 0 Å². The molecule has 0 heterocycles. The summed E-state index contributed by atoms with van der Waals surface area (Å²) in [5, 5.41) is 3.45. The minimum Gasteiger partial charge on any atom is -0.489 e. The number of benzene rings is 1. The Balaban J connectivity index is 2.70. The van der Waals surface area contributed by atoms with E-state index in [9.17, 15) is 0 Å². The summed E-state index contributed by atoms with van der Waals surface area (Å²) < 4.78 is 6.13. The van der Waals surface area contributed by atoms with Gasteiger partial charge in [0.05, 0.1) is 0 Å². The molecule has 0 aliphatic rings. The Morgan fingerprint density at radius 1 is 1.00 bits per heavy atom. The first kappa shape index (κ1) is 15.0. The maximum Gasteiger partial charge on any atom is 0.120 e. The van der Waals surface area contributed by atoms with Gasteiger partial charge in [-0.25, -0.2) is 0 Å². The van der Waals surface area contributed by atoms with Gasteiger partial charge in [0.15, 0.2) is 0 Å². The van der Waals surface area contributed by atoms with Gasteiger partial charge in [-0.05, 0) is 43.0 Å². The highest BCUT2D eigenvalue weighted by Gasteiger charge is 2.15. The van der Waals surface area contributed by atoms with E-state index in [-0.39, 0.29) is 6.10 Å². The standard InChI is InChI=1S/C16H27NO/c1-11(2)16(10-17-12(3)4)18-15-8-13(5)7-14(6)9-15/h7-9,11-12,16-17H,10H2,1-6H3. The Morgan fingerprint density at radius 3 is 2.00 bits per heavy atom. The molecule has 1 atom stereocenters. The number of aryl methyl sites for hydroxylation is 2. The molecule has 2 heteroatoms. The summed E-state index contributed by atoms with van der Waals surface area (Å²) in [5.41, 5.74) is 2.51. The van der Waals surface area contributed by atoms with Crippen molar-refractivity contribution in [3.05, 3.63) is 29.3 Å². The third-order valence-electron chi connectivity index (χ3n) is 2.95. The van der Waals surface area contributed by atoms with Gasteiger partial charge in [-0.1, -0.05) is 33.8 Å². The topological polar surface area (TPSA) is 21.3 Å².